The highest BCUT2D eigenvalue weighted by atomic mass is 32.1. The number of nitrogens with zero attached hydrogens (tertiary/aromatic N) is 1. The predicted octanol–water partition coefficient (Wildman–Crippen LogP) is 4.27. The van der Waals surface area contributed by atoms with Gasteiger partial charge in [-0.15, -0.1) is 11.3 Å². The summed E-state index contributed by atoms with van der Waals surface area (Å²) < 4.78 is 37.9. The first-order chi connectivity index (χ1) is 11.8. The monoisotopic (exact) mass is 369 g/mol. The third-order valence-corrected chi connectivity index (χ3v) is 4.97. The van der Waals surface area contributed by atoms with Gasteiger partial charge in [0.15, 0.2) is 0 Å². The van der Waals surface area contributed by atoms with Crippen molar-refractivity contribution in [3.05, 3.63) is 57.3 Å². The Morgan fingerprint density at radius 2 is 1.68 bits per heavy atom. The van der Waals surface area contributed by atoms with Gasteiger partial charge in [-0.3, -0.25) is 4.79 Å². The molecule has 0 atom stereocenters. The molecule has 0 saturated heterocycles. The minimum Gasteiger partial charge on any atom is -0.477 e. The molecule has 25 heavy (non-hydrogen) atoms. The van der Waals surface area contributed by atoms with E-state index in [0.29, 0.717) is 10.4 Å². The number of thiophene rings is 1. The molecule has 1 aromatic carbocycles. The molecule has 2 aromatic rings. The maximum atomic E-state index is 12.7. The van der Waals surface area contributed by atoms with E-state index >= 15 is 0 Å². The topological polar surface area (TPSA) is 57.6 Å². The van der Waals surface area contributed by atoms with Gasteiger partial charge in [0.1, 0.15) is 4.88 Å². The molecule has 0 aliphatic heterocycles. The molecule has 0 radical (unpaired) electrons. The third-order valence-electron chi connectivity index (χ3n) is 3.91. The van der Waals surface area contributed by atoms with Crippen LogP contribution < -0.4 is 0 Å². The Bertz CT molecular complexity index is 794. The van der Waals surface area contributed by atoms with Crippen molar-refractivity contribution >= 4 is 23.2 Å². The number of carboxylic acids is 1. The van der Waals surface area contributed by atoms with Crippen LogP contribution >= 0.6 is 11.3 Å². The summed E-state index contributed by atoms with van der Waals surface area (Å²) in [6.45, 7) is 0.196. The lowest BCUT2D eigenvalue weighted by Gasteiger charge is -2.22. The number of carboxylic acid groups (broad SMARTS) is 1. The number of hydrogen-bond acceptors (Lipinski definition) is 3. The molecule has 1 heterocycles. The number of amides is 1. The molecule has 1 amide bonds. The third kappa shape index (κ3) is 4.01. The largest absolute Gasteiger partial charge is 0.477 e. The SMILES string of the molecule is O=C(O)c1ccc(C(=O)N(Cc2ccc(C(F)(F)F)cc2)C2CC2)s1. The molecular weight excluding hydrogens is 355 g/mol. The highest BCUT2D eigenvalue weighted by Crippen LogP contribution is 2.32. The van der Waals surface area contributed by atoms with Crippen molar-refractivity contribution in [1.29, 1.82) is 0 Å². The van der Waals surface area contributed by atoms with Crippen LogP contribution in [0.5, 0.6) is 0 Å². The Labute approximate surface area is 145 Å². The number of alkyl halides is 3. The standard InChI is InChI=1S/C17H14F3NO3S/c18-17(19,20)11-3-1-10(2-4-11)9-21(12-5-6-12)15(22)13-7-8-14(25-13)16(23)24/h1-4,7-8,12H,5-6,9H2,(H,23,24). The number of halogens is 3. The maximum absolute atomic E-state index is 12.7. The van der Waals surface area contributed by atoms with Crippen LogP contribution in [0.3, 0.4) is 0 Å². The van der Waals surface area contributed by atoms with Crippen LogP contribution in [0.2, 0.25) is 0 Å². The van der Waals surface area contributed by atoms with Crippen molar-refractivity contribution in [1.82, 2.24) is 4.90 Å². The minimum absolute atomic E-state index is 0.0465. The molecule has 1 aromatic heterocycles. The molecular formula is C17H14F3NO3S. The van der Waals surface area contributed by atoms with Crippen molar-refractivity contribution in [2.24, 2.45) is 0 Å². The van der Waals surface area contributed by atoms with E-state index in [0.717, 1.165) is 36.3 Å². The van der Waals surface area contributed by atoms with Gasteiger partial charge in [-0.25, -0.2) is 4.79 Å². The van der Waals surface area contributed by atoms with Crippen LogP contribution in [0, 0.1) is 0 Å². The molecule has 0 spiro atoms. The molecule has 4 nitrogen and oxygen atoms in total. The Balaban J connectivity index is 1.77. The fourth-order valence-corrected chi connectivity index (χ4v) is 3.26. The molecule has 1 fully saturated rings. The van der Waals surface area contributed by atoms with Crippen LogP contribution in [0.4, 0.5) is 13.2 Å². The average Bonchev–Trinajstić information content (AvgIpc) is 3.26. The summed E-state index contributed by atoms with van der Waals surface area (Å²) in [5, 5.41) is 8.96. The molecule has 1 saturated carbocycles. The second-order valence-corrected chi connectivity index (χ2v) is 6.91. The van der Waals surface area contributed by atoms with Crippen molar-refractivity contribution in [2.45, 2.75) is 31.6 Å². The van der Waals surface area contributed by atoms with Crippen LogP contribution in [0.1, 0.15) is 43.3 Å². The van der Waals surface area contributed by atoms with Crippen LogP contribution in [0.15, 0.2) is 36.4 Å². The van der Waals surface area contributed by atoms with Gasteiger partial charge in [-0.2, -0.15) is 13.2 Å². The van der Waals surface area contributed by atoms with Crippen molar-refractivity contribution in [3.63, 3.8) is 0 Å². The highest BCUT2D eigenvalue weighted by Gasteiger charge is 2.34. The number of carbonyl (C=O) groups excluding carboxylic acids is 1. The van der Waals surface area contributed by atoms with Gasteiger partial charge in [0, 0.05) is 12.6 Å². The summed E-state index contributed by atoms with van der Waals surface area (Å²) in [5.41, 5.74) is -0.131. The minimum atomic E-state index is -4.39. The highest BCUT2D eigenvalue weighted by molar-refractivity contribution is 7.15. The van der Waals surface area contributed by atoms with E-state index in [2.05, 4.69) is 0 Å². The number of benzene rings is 1. The van der Waals surface area contributed by atoms with Crippen molar-refractivity contribution < 1.29 is 27.9 Å². The fourth-order valence-electron chi connectivity index (χ4n) is 2.46. The average molecular weight is 369 g/mol. The van der Waals surface area contributed by atoms with Gasteiger partial charge in [0.25, 0.3) is 5.91 Å². The van der Waals surface area contributed by atoms with Crippen LogP contribution in [-0.2, 0) is 12.7 Å². The van der Waals surface area contributed by atoms with E-state index in [1.165, 1.54) is 24.3 Å². The number of carbonyl (C=O) groups is 2. The first-order valence-corrected chi connectivity index (χ1v) is 8.37. The van der Waals surface area contributed by atoms with Gasteiger partial charge in [0.05, 0.1) is 10.4 Å². The summed E-state index contributed by atoms with van der Waals surface area (Å²) in [4.78, 5) is 25.6. The second kappa shape index (κ2) is 6.51. The van der Waals surface area contributed by atoms with Crippen molar-refractivity contribution in [3.8, 4) is 0 Å². The Morgan fingerprint density at radius 1 is 1.08 bits per heavy atom. The van der Waals surface area contributed by atoms with Gasteiger partial charge >= 0.3 is 12.1 Å². The fraction of sp³-hybridized carbons (Fsp3) is 0.294. The van der Waals surface area contributed by atoms with E-state index in [1.54, 1.807) is 4.90 Å². The quantitative estimate of drug-likeness (QED) is 0.856. The maximum Gasteiger partial charge on any atom is 0.416 e. The van der Waals surface area contributed by atoms with E-state index < -0.39 is 17.7 Å². The van der Waals surface area contributed by atoms with Gasteiger partial charge in [0.2, 0.25) is 0 Å². The smallest absolute Gasteiger partial charge is 0.416 e. The van der Waals surface area contributed by atoms with Gasteiger partial charge in [-0.1, -0.05) is 12.1 Å². The molecule has 1 aliphatic rings. The summed E-state index contributed by atoms with van der Waals surface area (Å²) in [6.07, 6.45) is -2.72. The molecule has 1 aliphatic carbocycles. The van der Waals surface area contributed by atoms with E-state index in [9.17, 15) is 22.8 Å². The normalized spacial score (nSPS) is 14.4. The molecule has 0 bridgehead atoms. The zero-order valence-corrected chi connectivity index (χ0v) is 13.7. The second-order valence-electron chi connectivity index (χ2n) is 5.83. The summed E-state index contributed by atoms with van der Waals surface area (Å²) >= 11 is 0.899. The van der Waals surface area contributed by atoms with Crippen molar-refractivity contribution in [2.75, 3.05) is 0 Å². The Morgan fingerprint density at radius 3 is 2.16 bits per heavy atom. The Kier molecular flexibility index (Phi) is 4.55. The molecule has 1 N–H and O–H groups in total. The van der Waals surface area contributed by atoms with E-state index in [4.69, 9.17) is 5.11 Å². The zero-order chi connectivity index (χ0) is 18.2. The molecule has 8 heteroatoms. The summed E-state index contributed by atoms with van der Waals surface area (Å²) in [7, 11) is 0. The summed E-state index contributed by atoms with van der Waals surface area (Å²) in [5.74, 6) is -1.38. The van der Waals surface area contributed by atoms with E-state index in [-0.39, 0.29) is 23.4 Å². The lowest BCUT2D eigenvalue weighted by atomic mass is 10.1. The first kappa shape index (κ1) is 17.5. The van der Waals surface area contributed by atoms with Crippen LogP contribution in [-0.4, -0.2) is 27.9 Å². The zero-order valence-electron chi connectivity index (χ0n) is 12.9. The number of rotatable bonds is 5. The van der Waals surface area contributed by atoms with Gasteiger partial charge < -0.3 is 10.0 Å². The lowest BCUT2D eigenvalue weighted by Crippen LogP contribution is -2.32. The predicted molar refractivity (Wildman–Crippen MR) is 85.6 cm³/mol. The lowest BCUT2D eigenvalue weighted by molar-refractivity contribution is -0.137. The molecule has 3 rings (SSSR count). The van der Waals surface area contributed by atoms with E-state index in [1.807, 2.05) is 0 Å². The van der Waals surface area contributed by atoms with Gasteiger partial charge in [-0.05, 0) is 42.7 Å². The molecule has 132 valence electrons. The Hall–Kier alpha value is -2.35. The summed E-state index contributed by atoms with van der Waals surface area (Å²) in [6, 6.07) is 7.62. The molecule has 0 unspecified atom stereocenters. The number of aromatic carboxylic acids is 1. The van der Waals surface area contributed by atoms with Crippen LogP contribution in [0.25, 0.3) is 0 Å². The number of hydrogen-bond donors (Lipinski definition) is 1. The first-order valence-electron chi connectivity index (χ1n) is 7.56.